The maximum Gasteiger partial charge on any atom is 0.218 e. The number of rotatable bonds is 6. The molecule has 6 heteroatoms. The van der Waals surface area contributed by atoms with Crippen LogP contribution in [0.15, 0.2) is 23.6 Å². The molecule has 0 N–H and O–H groups in total. The van der Waals surface area contributed by atoms with Crippen molar-refractivity contribution in [3.63, 3.8) is 0 Å². The Labute approximate surface area is 112 Å². The molecule has 2 unspecified atom stereocenters. The molecule has 0 aliphatic heterocycles. The van der Waals surface area contributed by atoms with Crippen molar-refractivity contribution < 1.29 is 8.60 Å². The van der Waals surface area contributed by atoms with Gasteiger partial charge in [-0.1, -0.05) is 29.8 Å². The van der Waals surface area contributed by atoms with Crippen LogP contribution in [-0.4, -0.2) is 24.5 Å². The van der Waals surface area contributed by atoms with Gasteiger partial charge in [0.25, 0.3) is 0 Å². The molecule has 96 valence electrons. The molecule has 0 radical (unpaired) electrons. The van der Waals surface area contributed by atoms with Gasteiger partial charge in [-0.25, -0.2) is 14.4 Å². The topological polar surface area (TPSA) is 42.9 Å². The first-order valence-electron chi connectivity index (χ1n) is 5.48. The molecule has 0 spiro atoms. The second kappa shape index (κ2) is 7.16. The van der Waals surface area contributed by atoms with Gasteiger partial charge in [0, 0.05) is 17.6 Å². The van der Waals surface area contributed by atoms with E-state index in [4.69, 9.17) is 0 Å². The fourth-order valence-corrected chi connectivity index (χ4v) is 2.87. The Bertz CT molecular complexity index is 364. The summed E-state index contributed by atoms with van der Waals surface area (Å²) in [6.45, 7) is 3.86. The Hall–Kier alpha value is -0.360. The molecule has 1 aromatic heterocycles. The zero-order valence-corrected chi connectivity index (χ0v) is 12.2. The molecule has 0 fully saturated rings. The van der Waals surface area contributed by atoms with Crippen molar-refractivity contribution in [1.82, 2.24) is 9.97 Å². The molecular weight excluding hydrogens is 307 g/mol. The predicted molar refractivity (Wildman–Crippen MR) is 70.1 cm³/mol. The second-order valence-corrected chi connectivity index (χ2v) is 6.68. The lowest BCUT2D eigenvalue weighted by Gasteiger charge is -2.18. The Morgan fingerprint density at radius 2 is 1.94 bits per heavy atom. The molecule has 4 atom stereocenters. The van der Waals surface area contributed by atoms with E-state index in [2.05, 4.69) is 25.9 Å². The molecule has 3 nitrogen and oxygen atoms in total. The average Bonchev–Trinajstić information content (AvgIpc) is 2.35. The van der Waals surface area contributed by atoms with Crippen molar-refractivity contribution in [1.29, 1.82) is 0 Å². The van der Waals surface area contributed by atoms with Crippen LogP contribution in [0.1, 0.15) is 26.7 Å². The van der Waals surface area contributed by atoms with Gasteiger partial charge in [-0.15, -0.1) is 0 Å². The van der Waals surface area contributed by atoms with E-state index in [-0.39, 0.29) is 11.2 Å². The van der Waals surface area contributed by atoms with Crippen molar-refractivity contribution in [2.24, 2.45) is 5.92 Å². The van der Waals surface area contributed by atoms with E-state index >= 15 is 0 Å². The lowest BCUT2D eigenvalue weighted by atomic mass is 10.0. The summed E-state index contributed by atoms with van der Waals surface area (Å²) in [7, 11) is -1.23. The molecule has 17 heavy (non-hydrogen) atoms. The molecule has 0 saturated carbocycles. The summed E-state index contributed by atoms with van der Waals surface area (Å²) >= 11 is 2.87. The maximum absolute atomic E-state index is 12.7. The fourth-order valence-electron chi connectivity index (χ4n) is 1.39. The third-order valence-corrected chi connectivity index (χ3v) is 4.87. The summed E-state index contributed by atoms with van der Waals surface area (Å²) in [5, 5.41) is -0.718. The zero-order valence-electron chi connectivity index (χ0n) is 9.85. The molecule has 1 rings (SSSR count). The first-order valence-corrected chi connectivity index (χ1v) is 7.61. The monoisotopic (exact) mass is 322 g/mol. The van der Waals surface area contributed by atoms with Crippen molar-refractivity contribution in [2.75, 3.05) is 0 Å². The lowest BCUT2D eigenvalue weighted by Crippen LogP contribution is -2.22. The number of alkyl halides is 2. The number of nitrogens with zero attached hydrogens (tertiary/aromatic N) is 2. The van der Waals surface area contributed by atoms with Crippen molar-refractivity contribution in [3.8, 4) is 0 Å². The van der Waals surface area contributed by atoms with Crippen LogP contribution in [0.4, 0.5) is 4.39 Å². The minimum absolute atomic E-state index is 0.0800. The van der Waals surface area contributed by atoms with Crippen LogP contribution in [0.5, 0.6) is 0 Å². The highest BCUT2D eigenvalue weighted by atomic mass is 79.9. The highest BCUT2D eigenvalue weighted by Gasteiger charge is 2.22. The first-order chi connectivity index (χ1) is 8.02. The number of aromatic nitrogens is 2. The van der Waals surface area contributed by atoms with Crippen molar-refractivity contribution >= 4 is 26.7 Å². The highest BCUT2D eigenvalue weighted by molar-refractivity contribution is 9.09. The first kappa shape index (κ1) is 14.7. The largest absolute Gasteiger partial charge is 0.251 e. The Kier molecular flexibility index (Phi) is 6.19. The van der Waals surface area contributed by atoms with E-state index in [1.54, 1.807) is 18.5 Å². The van der Waals surface area contributed by atoms with Crippen molar-refractivity contribution in [2.45, 2.75) is 42.2 Å². The molecular formula is C11H16BrFN2OS. The smallest absolute Gasteiger partial charge is 0.218 e. The van der Waals surface area contributed by atoms with E-state index in [1.165, 1.54) is 0 Å². The number of halogens is 2. The Morgan fingerprint density at radius 1 is 1.35 bits per heavy atom. The third kappa shape index (κ3) is 4.79. The number of hydrogen-bond acceptors (Lipinski definition) is 3. The van der Waals surface area contributed by atoms with Gasteiger partial charge in [-0.3, -0.25) is 4.21 Å². The zero-order chi connectivity index (χ0) is 12.8. The predicted octanol–water partition coefficient (Wildman–Crippen LogP) is 3.08. The van der Waals surface area contributed by atoms with Crippen LogP contribution in [0.25, 0.3) is 0 Å². The quantitative estimate of drug-likeness (QED) is 0.597. The summed E-state index contributed by atoms with van der Waals surface area (Å²) in [6.07, 6.45) is 4.27. The van der Waals surface area contributed by atoms with E-state index < -0.39 is 15.9 Å². The summed E-state index contributed by atoms with van der Waals surface area (Å²) in [4.78, 5) is 7.97. The van der Waals surface area contributed by atoms with E-state index in [0.717, 1.165) is 0 Å². The standard InChI is InChI=1S/C11H16BrFN2OS/c1-8(4-5-10(12)13)9(2)17(16)11-14-6-3-7-15-11/h3,6-10H,4-5H2,1-2H3/t8-,9+,10?,17?/m0/s1. The van der Waals surface area contributed by atoms with Crippen LogP contribution < -0.4 is 0 Å². The maximum atomic E-state index is 12.7. The van der Waals surface area contributed by atoms with E-state index in [1.807, 2.05) is 13.8 Å². The lowest BCUT2D eigenvalue weighted by molar-refractivity contribution is 0.389. The Morgan fingerprint density at radius 3 is 2.47 bits per heavy atom. The van der Waals surface area contributed by atoms with Gasteiger partial charge in [0.15, 0.2) is 5.08 Å². The van der Waals surface area contributed by atoms with Gasteiger partial charge < -0.3 is 0 Å². The average molecular weight is 323 g/mol. The summed E-state index contributed by atoms with van der Waals surface area (Å²) in [6, 6.07) is 1.69. The van der Waals surface area contributed by atoms with Crippen LogP contribution in [0.3, 0.4) is 0 Å². The van der Waals surface area contributed by atoms with E-state index in [0.29, 0.717) is 18.0 Å². The van der Waals surface area contributed by atoms with Gasteiger partial charge >= 0.3 is 0 Å². The molecule has 0 bridgehead atoms. The highest BCUT2D eigenvalue weighted by Crippen LogP contribution is 2.21. The summed E-state index contributed by atoms with van der Waals surface area (Å²) in [5.74, 6) is 0.162. The normalized spacial score (nSPS) is 18.4. The van der Waals surface area contributed by atoms with E-state index in [9.17, 15) is 8.60 Å². The van der Waals surface area contributed by atoms with Gasteiger partial charge in [0.05, 0.1) is 10.8 Å². The summed E-state index contributed by atoms with van der Waals surface area (Å²) < 4.78 is 24.8. The minimum atomic E-state index is -1.23. The molecule has 0 amide bonds. The number of hydrogen-bond donors (Lipinski definition) is 0. The fraction of sp³-hybridized carbons (Fsp3) is 0.636. The van der Waals surface area contributed by atoms with Gasteiger partial charge in [0.1, 0.15) is 0 Å². The molecule has 0 aliphatic carbocycles. The van der Waals surface area contributed by atoms with Crippen LogP contribution in [0.2, 0.25) is 0 Å². The van der Waals surface area contributed by atoms with Crippen molar-refractivity contribution in [3.05, 3.63) is 18.5 Å². The summed E-state index contributed by atoms with van der Waals surface area (Å²) in [5.41, 5.74) is 0. The van der Waals surface area contributed by atoms with Crippen LogP contribution in [0, 0.1) is 5.92 Å². The van der Waals surface area contributed by atoms with Gasteiger partial charge in [-0.2, -0.15) is 0 Å². The Balaban J connectivity index is 2.57. The molecule has 0 aliphatic rings. The van der Waals surface area contributed by atoms with Crippen LogP contribution in [-0.2, 0) is 10.8 Å². The molecule has 0 aromatic carbocycles. The molecule has 0 saturated heterocycles. The third-order valence-electron chi connectivity index (χ3n) is 2.70. The van der Waals surface area contributed by atoms with Gasteiger partial charge in [0.2, 0.25) is 5.16 Å². The minimum Gasteiger partial charge on any atom is -0.251 e. The second-order valence-electron chi connectivity index (χ2n) is 3.98. The molecule has 1 heterocycles. The molecule has 1 aromatic rings. The van der Waals surface area contributed by atoms with Crippen LogP contribution >= 0.6 is 15.9 Å². The SMILES string of the molecule is C[C@H]([C@@H](C)CCC(F)Br)S(=O)c1ncccn1. The van der Waals surface area contributed by atoms with Gasteiger partial charge in [-0.05, 0) is 24.8 Å².